The van der Waals surface area contributed by atoms with Crippen molar-refractivity contribution in [3.05, 3.63) is 11.0 Å². The van der Waals surface area contributed by atoms with Crippen molar-refractivity contribution < 1.29 is 9.47 Å². The molecule has 2 nitrogen and oxygen atoms in total. The van der Waals surface area contributed by atoms with E-state index in [0.29, 0.717) is 24.2 Å². The maximum atomic E-state index is 5.69. The highest BCUT2D eigenvalue weighted by Gasteiger charge is 2.04. The molecule has 0 fully saturated rings. The van der Waals surface area contributed by atoms with E-state index in [1.165, 1.54) is 0 Å². The minimum absolute atomic E-state index is 0.219. The summed E-state index contributed by atoms with van der Waals surface area (Å²) < 4.78 is 10.2. The van der Waals surface area contributed by atoms with Gasteiger partial charge in [-0.3, -0.25) is 0 Å². The van der Waals surface area contributed by atoms with Crippen molar-refractivity contribution in [2.75, 3.05) is 19.1 Å². The van der Waals surface area contributed by atoms with E-state index < -0.39 is 0 Å². The summed E-state index contributed by atoms with van der Waals surface area (Å²) in [6.07, 6.45) is 0. The molecule has 0 spiro atoms. The molecule has 0 N–H and O–H groups in total. The van der Waals surface area contributed by atoms with Crippen LogP contribution in [0.25, 0.3) is 0 Å². The Kier molecular flexibility index (Phi) is 6.57. The van der Waals surface area contributed by atoms with Crippen LogP contribution in [0.3, 0.4) is 0 Å². The molecule has 0 saturated heterocycles. The average molecular weight is 199 g/mol. The van der Waals surface area contributed by atoms with Crippen molar-refractivity contribution in [3.63, 3.8) is 0 Å². The smallest absolute Gasteiger partial charge is 0.295 e. The third-order valence-electron chi connectivity index (χ3n) is 0.890. The summed E-state index contributed by atoms with van der Waals surface area (Å²) in [5.41, 5.74) is 0. The lowest BCUT2D eigenvalue weighted by molar-refractivity contribution is 0.0450. The molecule has 4 heteroatoms. The van der Waals surface area contributed by atoms with E-state index in [0.717, 1.165) is 0 Å². The van der Waals surface area contributed by atoms with E-state index in [9.17, 15) is 0 Å². The Morgan fingerprint density at radius 1 is 1.18 bits per heavy atom. The van der Waals surface area contributed by atoms with Gasteiger partial charge in [0.25, 0.3) is 5.95 Å². The number of hydrogen-bond donors (Lipinski definition) is 0. The third-order valence-corrected chi connectivity index (χ3v) is 1.58. The number of alkyl halides is 1. The molecule has 0 saturated carbocycles. The topological polar surface area (TPSA) is 18.5 Å². The second-order valence-electron chi connectivity index (χ2n) is 1.69. The van der Waals surface area contributed by atoms with E-state index in [2.05, 4.69) is 0 Å². The molecule has 0 aliphatic rings. The number of rotatable bonds is 5. The molecular weight excluding hydrogens is 187 g/mol. The van der Waals surface area contributed by atoms with E-state index in [1.54, 1.807) is 0 Å². The molecule has 66 valence electrons. The van der Waals surface area contributed by atoms with Gasteiger partial charge in [0.15, 0.2) is 0 Å². The lowest BCUT2D eigenvalue weighted by Gasteiger charge is -2.09. The quantitative estimate of drug-likeness (QED) is 0.500. The van der Waals surface area contributed by atoms with Crippen LogP contribution in [0.5, 0.6) is 0 Å². The molecule has 0 aromatic heterocycles. The van der Waals surface area contributed by atoms with Gasteiger partial charge in [-0.15, -0.1) is 11.6 Å². The number of hydrogen-bond acceptors (Lipinski definition) is 2. The summed E-state index contributed by atoms with van der Waals surface area (Å²) >= 11 is 11.2. The summed E-state index contributed by atoms with van der Waals surface area (Å²) in [4.78, 5) is 0. The van der Waals surface area contributed by atoms with Gasteiger partial charge in [0.1, 0.15) is 5.03 Å². The number of allylic oxidation sites excluding steroid dienone is 1. The molecule has 0 aromatic rings. The molecule has 0 aliphatic heterocycles. The van der Waals surface area contributed by atoms with Gasteiger partial charge in [-0.1, -0.05) is 11.6 Å². The summed E-state index contributed by atoms with van der Waals surface area (Å²) in [6, 6.07) is 0. The second kappa shape index (κ2) is 6.62. The Labute approximate surface area is 77.1 Å². The van der Waals surface area contributed by atoms with Gasteiger partial charge in [0.2, 0.25) is 0 Å². The highest BCUT2D eigenvalue weighted by atomic mass is 35.5. The summed E-state index contributed by atoms with van der Waals surface area (Å²) in [7, 11) is 0. The van der Waals surface area contributed by atoms with Crippen molar-refractivity contribution in [1.29, 1.82) is 0 Å². The molecule has 0 aliphatic carbocycles. The Balaban J connectivity index is 4.05. The molecule has 0 heterocycles. The molecule has 0 rings (SSSR count). The zero-order valence-corrected chi connectivity index (χ0v) is 8.21. The predicted octanol–water partition coefficient (Wildman–Crippen LogP) is 2.71. The average Bonchev–Trinajstić information content (AvgIpc) is 2.03. The molecular formula is C7H12Cl2O2. The summed E-state index contributed by atoms with van der Waals surface area (Å²) in [5.74, 6) is 0.559. The molecule has 0 aromatic carbocycles. The van der Waals surface area contributed by atoms with Gasteiger partial charge in [-0.2, -0.15) is 0 Å². The first kappa shape index (κ1) is 10.9. The minimum atomic E-state index is 0.219. The van der Waals surface area contributed by atoms with E-state index >= 15 is 0 Å². The fourth-order valence-electron chi connectivity index (χ4n) is 0.515. The Morgan fingerprint density at radius 2 is 1.64 bits per heavy atom. The normalized spacial score (nSPS) is 9.09. The van der Waals surface area contributed by atoms with Crippen molar-refractivity contribution >= 4 is 23.2 Å². The number of ether oxygens (including phenoxy) is 2. The SMILES string of the molecule is CCOC(OCC)=C(Cl)CCl. The summed E-state index contributed by atoms with van der Waals surface area (Å²) in [5, 5.41) is 0.412. The van der Waals surface area contributed by atoms with Gasteiger partial charge >= 0.3 is 0 Å². The summed E-state index contributed by atoms with van der Waals surface area (Å²) in [6.45, 7) is 4.78. The second-order valence-corrected chi connectivity index (χ2v) is 2.42. The molecule has 0 bridgehead atoms. The van der Waals surface area contributed by atoms with Crippen LogP contribution in [0.15, 0.2) is 11.0 Å². The molecule has 0 amide bonds. The third kappa shape index (κ3) is 4.38. The monoisotopic (exact) mass is 198 g/mol. The lowest BCUT2D eigenvalue weighted by Crippen LogP contribution is -2.00. The fraction of sp³-hybridized carbons (Fsp3) is 0.714. The number of halogens is 2. The fourth-order valence-corrected chi connectivity index (χ4v) is 0.733. The zero-order chi connectivity index (χ0) is 8.69. The van der Waals surface area contributed by atoms with E-state index in [-0.39, 0.29) is 5.88 Å². The van der Waals surface area contributed by atoms with E-state index in [4.69, 9.17) is 32.7 Å². The van der Waals surface area contributed by atoms with Gasteiger partial charge < -0.3 is 9.47 Å². The van der Waals surface area contributed by atoms with Crippen LogP contribution < -0.4 is 0 Å². The van der Waals surface area contributed by atoms with Gasteiger partial charge in [-0.05, 0) is 13.8 Å². The standard InChI is InChI=1S/C7H12Cl2O2/c1-3-10-7(11-4-2)6(9)5-8/h3-5H2,1-2H3. The van der Waals surface area contributed by atoms with Crippen molar-refractivity contribution in [1.82, 2.24) is 0 Å². The largest absolute Gasteiger partial charge is 0.465 e. The highest BCUT2D eigenvalue weighted by molar-refractivity contribution is 6.35. The zero-order valence-electron chi connectivity index (χ0n) is 6.69. The first-order chi connectivity index (χ1) is 5.26. The maximum absolute atomic E-state index is 5.69. The van der Waals surface area contributed by atoms with Crippen molar-refractivity contribution in [3.8, 4) is 0 Å². The maximum Gasteiger partial charge on any atom is 0.295 e. The molecule has 11 heavy (non-hydrogen) atoms. The van der Waals surface area contributed by atoms with Crippen LogP contribution in [-0.4, -0.2) is 19.1 Å². The van der Waals surface area contributed by atoms with Crippen molar-refractivity contribution in [2.24, 2.45) is 0 Å². The predicted molar refractivity (Wildman–Crippen MR) is 46.9 cm³/mol. The van der Waals surface area contributed by atoms with Crippen LogP contribution in [0.4, 0.5) is 0 Å². The first-order valence-corrected chi connectivity index (χ1v) is 4.37. The first-order valence-electron chi connectivity index (χ1n) is 3.46. The highest BCUT2D eigenvalue weighted by Crippen LogP contribution is 2.13. The van der Waals surface area contributed by atoms with E-state index in [1.807, 2.05) is 13.8 Å². The Morgan fingerprint density at radius 3 is 1.91 bits per heavy atom. The van der Waals surface area contributed by atoms with Gasteiger partial charge in [-0.25, -0.2) is 0 Å². The van der Waals surface area contributed by atoms with Gasteiger partial charge in [0, 0.05) is 0 Å². The van der Waals surface area contributed by atoms with Gasteiger partial charge in [0.05, 0.1) is 19.1 Å². The molecule has 0 unspecified atom stereocenters. The van der Waals surface area contributed by atoms with Crippen LogP contribution in [0, 0.1) is 0 Å². The Bertz CT molecular complexity index is 126. The molecule has 0 radical (unpaired) electrons. The lowest BCUT2D eigenvalue weighted by atomic mass is 10.6. The van der Waals surface area contributed by atoms with Crippen LogP contribution in [0.1, 0.15) is 13.8 Å². The molecule has 0 atom stereocenters. The van der Waals surface area contributed by atoms with Crippen LogP contribution >= 0.6 is 23.2 Å². The van der Waals surface area contributed by atoms with Crippen LogP contribution in [-0.2, 0) is 9.47 Å². The minimum Gasteiger partial charge on any atom is -0.465 e. The van der Waals surface area contributed by atoms with Crippen molar-refractivity contribution in [2.45, 2.75) is 13.8 Å². The van der Waals surface area contributed by atoms with Crippen LogP contribution in [0.2, 0.25) is 0 Å². The Hall–Kier alpha value is -0.0800.